The topological polar surface area (TPSA) is 39.1 Å². The van der Waals surface area contributed by atoms with E-state index in [0.29, 0.717) is 6.54 Å². The standard InChI is InChI=1S/C22H23N2O/c1-3-18-7-6-8-19(24(18)16-15-23)13-11-17-12-14-22(25-2)21-10-5-4-9-20(17)21/h3-14H,1,15-16,23H2,2H3/q+1/b13-11+. The van der Waals surface area contributed by atoms with E-state index in [1.807, 2.05) is 36.4 Å². The maximum atomic E-state index is 5.77. The molecule has 25 heavy (non-hydrogen) atoms. The lowest BCUT2D eigenvalue weighted by molar-refractivity contribution is -0.697. The highest BCUT2D eigenvalue weighted by molar-refractivity contribution is 5.96. The molecule has 0 atom stereocenters. The average Bonchev–Trinajstić information content (AvgIpc) is 2.67. The van der Waals surface area contributed by atoms with Crippen LogP contribution in [-0.2, 0) is 6.54 Å². The van der Waals surface area contributed by atoms with Crippen molar-refractivity contribution in [3.63, 3.8) is 0 Å². The van der Waals surface area contributed by atoms with Gasteiger partial charge in [0.2, 0.25) is 11.4 Å². The summed E-state index contributed by atoms with van der Waals surface area (Å²) in [5.74, 6) is 0.889. The van der Waals surface area contributed by atoms with Crippen LogP contribution in [0.25, 0.3) is 29.0 Å². The smallest absolute Gasteiger partial charge is 0.205 e. The SMILES string of the molecule is C=Cc1cccc(/C=C/c2ccc(OC)c3ccccc23)[n+]1CCN. The second-order valence-electron chi connectivity index (χ2n) is 5.76. The van der Waals surface area contributed by atoms with E-state index in [1.165, 1.54) is 5.39 Å². The number of aromatic nitrogens is 1. The van der Waals surface area contributed by atoms with Crippen molar-refractivity contribution >= 4 is 29.0 Å². The van der Waals surface area contributed by atoms with Crippen LogP contribution in [0.15, 0.2) is 61.2 Å². The fraction of sp³-hybridized carbons (Fsp3) is 0.136. The summed E-state index contributed by atoms with van der Waals surface area (Å²) in [4.78, 5) is 0. The van der Waals surface area contributed by atoms with E-state index < -0.39 is 0 Å². The first-order chi connectivity index (χ1) is 12.3. The molecule has 3 heteroatoms. The number of ether oxygens (including phenoxy) is 1. The summed E-state index contributed by atoms with van der Waals surface area (Å²) < 4.78 is 7.65. The molecule has 2 N–H and O–H groups in total. The number of hydrogen-bond acceptors (Lipinski definition) is 2. The fourth-order valence-corrected chi connectivity index (χ4v) is 3.08. The Hall–Kier alpha value is -2.91. The van der Waals surface area contributed by atoms with Gasteiger partial charge in [-0.25, -0.2) is 0 Å². The lowest BCUT2D eigenvalue weighted by Gasteiger charge is -2.08. The second-order valence-corrected chi connectivity index (χ2v) is 5.76. The summed E-state index contributed by atoms with van der Waals surface area (Å²) in [5, 5.41) is 2.28. The van der Waals surface area contributed by atoms with Gasteiger partial charge in [0.15, 0.2) is 6.54 Å². The first-order valence-corrected chi connectivity index (χ1v) is 8.37. The zero-order chi connectivity index (χ0) is 17.6. The minimum absolute atomic E-state index is 0.585. The molecule has 3 aromatic rings. The molecule has 0 aliphatic heterocycles. The Kier molecular flexibility index (Phi) is 5.26. The van der Waals surface area contributed by atoms with Crippen LogP contribution in [0.3, 0.4) is 0 Å². The monoisotopic (exact) mass is 331 g/mol. The molecule has 3 nitrogen and oxygen atoms in total. The van der Waals surface area contributed by atoms with Crippen molar-refractivity contribution in [2.45, 2.75) is 6.54 Å². The van der Waals surface area contributed by atoms with Crippen LogP contribution >= 0.6 is 0 Å². The zero-order valence-corrected chi connectivity index (χ0v) is 14.5. The third-order valence-electron chi connectivity index (χ3n) is 4.29. The van der Waals surface area contributed by atoms with Crippen molar-refractivity contribution < 1.29 is 9.30 Å². The van der Waals surface area contributed by atoms with E-state index in [9.17, 15) is 0 Å². The Morgan fingerprint density at radius 3 is 2.44 bits per heavy atom. The number of hydrogen-bond donors (Lipinski definition) is 1. The first kappa shape index (κ1) is 16.9. The van der Waals surface area contributed by atoms with E-state index in [4.69, 9.17) is 10.5 Å². The summed E-state index contributed by atoms with van der Waals surface area (Å²) in [5.41, 5.74) is 9.09. The molecule has 0 unspecified atom stereocenters. The van der Waals surface area contributed by atoms with Crippen LogP contribution in [-0.4, -0.2) is 13.7 Å². The summed E-state index contributed by atoms with van der Waals surface area (Å²) in [6.45, 7) is 5.23. The van der Waals surface area contributed by atoms with Gasteiger partial charge in [-0.05, 0) is 29.2 Å². The van der Waals surface area contributed by atoms with Gasteiger partial charge in [-0.15, -0.1) is 0 Å². The van der Waals surface area contributed by atoms with Gasteiger partial charge in [0, 0.05) is 29.7 Å². The van der Waals surface area contributed by atoms with Gasteiger partial charge in [-0.1, -0.05) is 36.9 Å². The fourth-order valence-electron chi connectivity index (χ4n) is 3.08. The molecule has 0 saturated heterocycles. The first-order valence-electron chi connectivity index (χ1n) is 8.37. The lowest BCUT2D eigenvalue weighted by atomic mass is 10.0. The van der Waals surface area contributed by atoms with E-state index in [-0.39, 0.29) is 0 Å². The van der Waals surface area contributed by atoms with Crippen LogP contribution in [0.5, 0.6) is 5.75 Å². The van der Waals surface area contributed by atoms with Gasteiger partial charge in [0.05, 0.1) is 13.7 Å². The van der Waals surface area contributed by atoms with Crippen LogP contribution < -0.4 is 15.0 Å². The van der Waals surface area contributed by atoms with Crippen molar-refractivity contribution in [3.05, 3.63) is 78.1 Å². The highest BCUT2D eigenvalue weighted by Crippen LogP contribution is 2.29. The highest BCUT2D eigenvalue weighted by Gasteiger charge is 2.11. The minimum Gasteiger partial charge on any atom is -0.496 e. The Morgan fingerprint density at radius 2 is 1.72 bits per heavy atom. The van der Waals surface area contributed by atoms with Gasteiger partial charge in [0.1, 0.15) is 5.75 Å². The van der Waals surface area contributed by atoms with Crippen molar-refractivity contribution in [3.8, 4) is 5.75 Å². The van der Waals surface area contributed by atoms with E-state index in [0.717, 1.165) is 34.6 Å². The molecule has 0 saturated carbocycles. The van der Waals surface area contributed by atoms with Gasteiger partial charge in [-0.2, -0.15) is 4.57 Å². The molecule has 0 aliphatic carbocycles. The predicted octanol–water partition coefficient (Wildman–Crippen LogP) is 3.91. The van der Waals surface area contributed by atoms with Crippen LogP contribution in [0.2, 0.25) is 0 Å². The molecule has 1 aromatic heterocycles. The van der Waals surface area contributed by atoms with E-state index in [1.54, 1.807) is 7.11 Å². The molecule has 0 spiro atoms. The molecular formula is C22H23N2O+. The summed E-state index contributed by atoms with van der Waals surface area (Å²) in [7, 11) is 1.70. The molecule has 0 aliphatic rings. The Labute approximate surface area is 148 Å². The highest BCUT2D eigenvalue weighted by atomic mass is 16.5. The Morgan fingerprint density at radius 1 is 0.960 bits per heavy atom. The molecule has 0 bridgehead atoms. The van der Waals surface area contributed by atoms with E-state index >= 15 is 0 Å². The number of nitrogens with zero attached hydrogens (tertiary/aromatic N) is 1. The lowest BCUT2D eigenvalue weighted by Crippen LogP contribution is -2.43. The molecule has 0 fully saturated rings. The number of benzene rings is 2. The third kappa shape index (κ3) is 3.47. The van der Waals surface area contributed by atoms with Crippen LogP contribution in [0.1, 0.15) is 17.0 Å². The number of pyridine rings is 1. The Bertz CT molecular complexity index is 928. The predicted molar refractivity (Wildman–Crippen MR) is 105 cm³/mol. The molecule has 126 valence electrons. The van der Waals surface area contributed by atoms with Crippen LogP contribution in [0, 0.1) is 0 Å². The normalized spacial score (nSPS) is 11.1. The maximum Gasteiger partial charge on any atom is 0.205 e. The van der Waals surface area contributed by atoms with E-state index in [2.05, 4.69) is 47.6 Å². The minimum atomic E-state index is 0.585. The molecule has 0 amide bonds. The second kappa shape index (κ2) is 7.77. The maximum absolute atomic E-state index is 5.77. The van der Waals surface area contributed by atoms with Crippen molar-refractivity contribution in [2.75, 3.05) is 13.7 Å². The average molecular weight is 331 g/mol. The van der Waals surface area contributed by atoms with Gasteiger partial charge in [-0.3, -0.25) is 0 Å². The largest absolute Gasteiger partial charge is 0.496 e. The molecule has 1 heterocycles. The number of rotatable bonds is 6. The van der Waals surface area contributed by atoms with Gasteiger partial charge >= 0.3 is 0 Å². The summed E-state index contributed by atoms with van der Waals surface area (Å²) in [6, 6.07) is 18.5. The van der Waals surface area contributed by atoms with Crippen LogP contribution in [0.4, 0.5) is 0 Å². The molecular weight excluding hydrogens is 308 g/mol. The quantitative estimate of drug-likeness (QED) is 0.696. The van der Waals surface area contributed by atoms with Gasteiger partial charge in [0.25, 0.3) is 0 Å². The molecule has 0 radical (unpaired) electrons. The van der Waals surface area contributed by atoms with Crippen molar-refractivity contribution in [1.82, 2.24) is 0 Å². The molecule has 3 rings (SSSR count). The summed E-state index contributed by atoms with van der Waals surface area (Å²) in [6.07, 6.45) is 6.11. The van der Waals surface area contributed by atoms with Crippen molar-refractivity contribution in [2.24, 2.45) is 5.73 Å². The summed E-state index contributed by atoms with van der Waals surface area (Å²) >= 11 is 0. The third-order valence-corrected chi connectivity index (χ3v) is 4.29. The molecule has 2 aromatic carbocycles. The van der Waals surface area contributed by atoms with Crippen molar-refractivity contribution in [1.29, 1.82) is 0 Å². The van der Waals surface area contributed by atoms with Gasteiger partial charge < -0.3 is 10.5 Å². The number of fused-ring (bicyclic) bond motifs is 1. The Balaban J connectivity index is 2.07. The zero-order valence-electron chi connectivity index (χ0n) is 14.5. The number of nitrogens with two attached hydrogens (primary N) is 1. The number of methoxy groups -OCH3 is 1.